The molecule has 1 aromatic carbocycles. The molecule has 0 heterocycles. The van der Waals surface area contributed by atoms with E-state index in [0.29, 0.717) is 10.0 Å². The van der Waals surface area contributed by atoms with Crippen molar-refractivity contribution in [3.8, 4) is 0 Å². The van der Waals surface area contributed by atoms with Gasteiger partial charge in [-0.15, -0.1) is 0 Å². The summed E-state index contributed by atoms with van der Waals surface area (Å²) in [6, 6.07) is 4.87. The molecule has 0 aromatic heterocycles. The Morgan fingerprint density at radius 2 is 1.89 bits per heavy atom. The molecule has 0 aliphatic carbocycles. The van der Waals surface area contributed by atoms with Crippen LogP contribution in [0.2, 0.25) is 10.0 Å². The molecule has 0 aliphatic heterocycles. The Balaban J connectivity index is 2.79. The highest BCUT2D eigenvalue weighted by Crippen LogP contribution is 2.24. The van der Waals surface area contributed by atoms with Crippen LogP contribution in [-0.4, -0.2) is 23.2 Å². The van der Waals surface area contributed by atoms with Crippen molar-refractivity contribution in [2.45, 2.75) is 26.4 Å². The number of rotatable bonds is 4. The van der Waals surface area contributed by atoms with Gasteiger partial charge in [0.05, 0.1) is 21.2 Å². The van der Waals surface area contributed by atoms with Gasteiger partial charge in [0.15, 0.2) is 0 Å². The van der Waals surface area contributed by atoms with Crippen LogP contribution in [0.1, 0.15) is 31.1 Å². The molecule has 5 heteroatoms. The normalized spacial score (nSPS) is 14.4. The number of carbonyl (C=O) groups is 1. The summed E-state index contributed by atoms with van der Waals surface area (Å²) >= 11 is 11.9. The van der Waals surface area contributed by atoms with E-state index in [1.165, 1.54) is 0 Å². The number of nitrogens with one attached hydrogen (secondary N) is 1. The summed E-state index contributed by atoms with van der Waals surface area (Å²) in [6.07, 6.45) is 0. The Morgan fingerprint density at radius 3 is 2.33 bits per heavy atom. The maximum Gasteiger partial charge on any atom is 0.254 e. The summed E-state index contributed by atoms with van der Waals surface area (Å²) in [4.78, 5) is 12.0. The molecule has 0 fully saturated rings. The van der Waals surface area contributed by atoms with Crippen molar-refractivity contribution in [1.29, 1.82) is 0 Å². The van der Waals surface area contributed by atoms with Gasteiger partial charge in [-0.05, 0) is 25.0 Å². The number of aliphatic hydroxyl groups is 1. The van der Waals surface area contributed by atoms with Crippen molar-refractivity contribution in [2.24, 2.45) is 5.92 Å². The molecular formula is C13H17Cl2NO2. The maximum absolute atomic E-state index is 12.0. The molecule has 3 nitrogen and oxygen atoms in total. The zero-order valence-corrected chi connectivity index (χ0v) is 12.1. The lowest BCUT2D eigenvalue weighted by Crippen LogP contribution is -2.44. The van der Waals surface area contributed by atoms with Gasteiger partial charge in [-0.2, -0.15) is 0 Å². The summed E-state index contributed by atoms with van der Waals surface area (Å²) in [5, 5.41) is 13.3. The van der Waals surface area contributed by atoms with E-state index in [-0.39, 0.29) is 23.9 Å². The Bertz CT molecular complexity index is 424. The third-order valence-electron chi connectivity index (χ3n) is 3.04. The topological polar surface area (TPSA) is 49.3 Å². The van der Waals surface area contributed by atoms with Crippen molar-refractivity contribution in [3.63, 3.8) is 0 Å². The monoisotopic (exact) mass is 289 g/mol. The van der Waals surface area contributed by atoms with Gasteiger partial charge in [0.2, 0.25) is 0 Å². The molecule has 1 amide bonds. The molecule has 0 aliphatic rings. The first kappa shape index (κ1) is 15.3. The first-order valence-electron chi connectivity index (χ1n) is 5.70. The van der Waals surface area contributed by atoms with E-state index in [1.807, 2.05) is 13.8 Å². The van der Waals surface area contributed by atoms with Crippen LogP contribution in [-0.2, 0) is 0 Å². The van der Waals surface area contributed by atoms with Crippen LogP contribution in [0.25, 0.3) is 0 Å². The third kappa shape index (κ3) is 3.61. The molecule has 1 unspecified atom stereocenters. The molecule has 1 rings (SSSR count). The molecule has 2 N–H and O–H groups in total. The highest BCUT2D eigenvalue weighted by atomic mass is 35.5. The average molecular weight is 290 g/mol. The molecule has 18 heavy (non-hydrogen) atoms. The second-order valence-corrected chi connectivity index (χ2v) is 5.61. The zero-order valence-electron chi connectivity index (χ0n) is 10.6. The third-order valence-corrected chi connectivity index (χ3v) is 3.67. The molecule has 0 saturated carbocycles. The maximum atomic E-state index is 12.0. The number of hydrogen-bond acceptors (Lipinski definition) is 2. The van der Waals surface area contributed by atoms with E-state index in [9.17, 15) is 9.90 Å². The lowest BCUT2D eigenvalue weighted by Gasteiger charge is -2.27. The summed E-state index contributed by atoms with van der Waals surface area (Å²) < 4.78 is 0. The molecule has 0 saturated heterocycles. The van der Waals surface area contributed by atoms with Crippen molar-refractivity contribution in [3.05, 3.63) is 33.8 Å². The van der Waals surface area contributed by atoms with Gasteiger partial charge in [-0.25, -0.2) is 0 Å². The number of hydrogen-bond donors (Lipinski definition) is 2. The molecule has 1 aromatic rings. The van der Waals surface area contributed by atoms with E-state index in [4.69, 9.17) is 23.2 Å². The van der Waals surface area contributed by atoms with Crippen molar-refractivity contribution in [1.82, 2.24) is 5.32 Å². The highest BCUT2D eigenvalue weighted by Gasteiger charge is 2.26. The molecule has 100 valence electrons. The summed E-state index contributed by atoms with van der Waals surface area (Å²) in [7, 11) is 0. The van der Waals surface area contributed by atoms with E-state index < -0.39 is 5.60 Å². The van der Waals surface area contributed by atoms with E-state index in [1.54, 1.807) is 25.1 Å². The fourth-order valence-electron chi connectivity index (χ4n) is 1.27. The van der Waals surface area contributed by atoms with Crippen molar-refractivity contribution < 1.29 is 9.90 Å². The second-order valence-electron chi connectivity index (χ2n) is 4.79. The lowest BCUT2D eigenvalue weighted by molar-refractivity contribution is 0.0142. The smallest absolute Gasteiger partial charge is 0.254 e. The van der Waals surface area contributed by atoms with Crippen LogP contribution >= 0.6 is 23.2 Å². The quantitative estimate of drug-likeness (QED) is 0.895. The standard InChI is InChI=1S/C13H17Cl2NO2/c1-8(2)13(3,18)7-16-12(17)11-9(14)5-4-6-10(11)15/h4-6,8,18H,7H2,1-3H3,(H,16,17). The largest absolute Gasteiger partial charge is 0.388 e. The predicted molar refractivity (Wildman–Crippen MR) is 74.3 cm³/mol. The number of benzene rings is 1. The Hall–Kier alpha value is -0.770. The number of halogens is 2. The van der Waals surface area contributed by atoms with E-state index >= 15 is 0 Å². The summed E-state index contributed by atoms with van der Waals surface area (Å²) in [5.41, 5.74) is -0.732. The van der Waals surface area contributed by atoms with Gasteiger partial charge in [-0.1, -0.05) is 43.1 Å². The first-order chi connectivity index (χ1) is 8.25. The minimum absolute atomic E-state index is 0.0273. The molecule has 0 spiro atoms. The van der Waals surface area contributed by atoms with Crippen LogP contribution in [0.3, 0.4) is 0 Å². The van der Waals surface area contributed by atoms with Crippen LogP contribution in [0, 0.1) is 5.92 Å². The summed E-state index contributed by atoms with van der Waals surface area (Å²) in [5.74, 6) is -0.356. The Kier molecular flexibility index (Phi) is 5.02. The molecule has 0 radical (unpaired) electrons. The number of carbonyl (C=O) groups excluding carboxylic acids is 1. The van der Waals surface area contributed by atoms with Gasteiger partial charge < -0.3 is 10.4 Å². The van der Waals surface area contributed by atoms with Crippen LogP contribution in [0.4, 0.5) is 0 Å². The second kappa shape index (κ2) is 5.91. The van der Waals surface area contributed by atoms with Crippen molar-refractivity contribution >= 4 is 29.1 Å². The molecule has 0 bridgehead atoms. The van der Waals surface area contributed by atoms with Crippen LogP contribution in [0.15, 0.2) is 18.2 Å². The fourth-order valence-corrected chi connectivity index (χ4v) is 1.84. The fraction of sp³-hybridized carbons (Fsp3) is 0.462. The minimum atomic E-state index is -0.969. The van der Waals surface area contributed by atoms with Crippen LogP contribution in [0.5, 0.6) is 0 Å². The molecular weight excluding hydrogens is 273 g/mol. The van der Waals surface area contributed by atoms with Crippen LogP contribution < -0.4 is 5.32 Å². The minimum Gasteiger partial charge on any atom is -0.388 e. The Morgan fingerprint density at radius 1 is 1.39 bits per heavy atom. The van der Waals surface area contributed by atoms with Gasteiger partial charge in [-0.3, -0.25) is 4.79 Å². The van der Waals surface area contributed by atoms with Gasteiger partial charge >= 0.3 is 0 Å². The van der Waals surface area contributed by atoms with Gasteiger partial charge in [0.1, 0.15) is 0 Å². The lowest BCUT2D eigenvalue weighted by atomic mass is 9.92. The van der Waals surface area contributed by atoms with Gasteiger partial charge in [0, 0.05) is 6.54 Å². The summed E-state index contributed by atoms with van der Waals surface area (Å²) in [6.45, 7) is 5.58. The zero-order chi connectivity index (χ0) is 13.9. The van der Waals surface area contributed by atoms with E-state index in [2.05, 4.69) is 5.32 Å². The van der Waals surface area contributed by atoms with E-state index in [0.717, 1.165) is 0 Å². The highest BCUT2D eigenvalue weighted by molar-refractivity contribution is 6.39. The predicted octanol–water partition coefficient (Wildman–Crippen LogP) is 3.13. The molecule has 1 atom stereocenters. The van der Waals surface area contributed by atoms with Crippen molar-refractivity contribution in [2.75, 3.05) is 6.54 Å². The van der Waals surface area contributed by atoms with Gasteiger partial charge in [0.25, 0.3) is 5.91 Å². The Labute approximate surface area is 117 Å². The number of amides is 1. The first-order valence-corrected chi connectivity index (χ1v) is 6.46. The SMILES string of the molecule is CC(C)C(C)(O)CNC(=O)c1c(Cl)cccc1Cl. The average Bonchev–Trinajstić information content (AvgIpc) is 2.26.